The molecule has 72 valence electrons. The molecular formula is C8H16ClNO2. The maximum Gasteiger partial charge on any atom is 0.326 e. The first-order valence-corrected chi connectivity index (χ1v) is 4.11. The van der Waals surface area contributed by atoms with E-state index in [0.717, 1.165) is 12.8 Å². The second-order valence-corrected chi connectivity index (χ2v) is 3.07. The number of ether oxygens (including phenoxy) is 1. The van der Waals surface area contributed by atoms with Crippen LogP contribution in [0, 0.1) is 5.92 Å². The van der Waals surface area contributed by atoms with Crippen LogP contribution in [0.25, 0.3) is 0 Å². The van der Waals surface area contributed by atoms with Crippen molar-refractivity contribution in [1.29, 1.82) is 0 Å². The summed E-state index contributed by atoms with van der Waals surface area (Å²) in [5.41, 5.74) is 5.12. The molecule has 0 bridgehead atoms. The van der Waals surface area contributed by atoms with E-state index < -0.39 is 5.54 Å². The van der Waals surface area contributed by atoms with Crippen LogP contribution in [0.3, 0.4) is 0 Å². The number of hydrogen-bond acceptors (Lipinski definition) is 3. The van der Waals surface area contributed by atoms with Gasteiger partial charge in [-0.25, -0.2) is 0 Å². The molecule has 3 nitrogen and oxygen atoms in total. The van der Waals surface area contributed by atoms with Gasteiger partial charge in [-0.15, -0.1) is 12.4 Å². The maximum absolute atomic E-state index is 11.1. The van der Waals surface area contributed by atoms with Crippen LogP contribution in [-0.2, 0) is 9.53 Å². The molecular weight excluding hydrogens is 178 g/mol. The van der Waals surface area contributed by atoms with E-state index in [9.17, 15) is 4.79 Å². The number of carbonyl (C=O) groups excluding carboxylic acids is 1. The predicted octanol–water partition coefficient (Wildman–Crippen LogP) is 1.10. The third-order valence-electron chi connectivity index (χ3n) is 2.30. The van der Waals surface area contributed by atoms with Gasteiger partial charge in [0.25, 0.3) is 0 Å². The number of nitrogens with two attached hydrogens (primary N) is 1. The molecule has 1 saturated carbocycles. The van der Waals surface area contributed by atoms with Gasteiger partial charge in [0, 0.05) is 0 Å². The first-order chi connectivity index (χ1) is 5.15. The molecule has 1 aliphatic rings. The van der Waals surface area contributed by atoms with Gasteiger partial charge in [-0.05, 0) is 19.3 Å². The molecule has 4 heteroatoms. The molecule has 1 rings (SSSR count). The Morgan fingerprint density at radius 3 is 2.58 bits per heavy atom. The normalized spacial score (nSPS) is 32.1. The summed E-state index contributed by atoms with van der Waals surface area (Å²) in [6.07, 6.45) is 1.76. The number of carbonyl (C=O) groups is 1. The lowest BCUT2D eigenvalue weighted by Gasteiger charge is -2.08. The van der Waals surface area contributed by atoms with Crippen LogP contribution < -0.4 is 5.73 Å². The van der Waals surface area contributed by atoms with Crippen molar-refractivity contribution in [2.45, 2.75) is 32.2 Å². The maximum atomic E-state index is 11.1. The van der Waals surface area contributed by atoms with Gasteiger partial charge in [0.1, 0.15) is 5.54 Å². The Balaban J connectivity index is 0.00000121. The second-order valence-electron chi connectivity index (χ2n) is 3.07. The Morgan fingerprint density at radius 2 is 2.25 bits per heavy atom. The van der Waals surface area contributed by atoms with E-state index in [1.54, 1.807) is 6.92 Å². The average Bonchev–Trinajstić information content (AvgIpc) is 2.64. The summed E-state index contributed by atoms with van der Waals surface area (Å²) in [4.78, 5) is 11.1. The Morgan fingerprint density at radius 1 is 1.67 bits per heavy atom. The van der Waals surface area contributed by atoms with Crippen molar-refractivity contribution in [3.63, 3.8) is 0 Å². The van der Waals surface area contributed by atoms with Gasteiger partial charge in [-0.1, -0.05) is 13.3 Å². The Hall–Kier alpha value is -0.280. The van der Waals surface area contributed by atoms with Crippen LogP contribution in [0.2, 0.25) is 0 Å². The zero-order chi connectivity index (χ0) is 8.48. The Kier molecular flexibility index (Phi) is 4.00. The molecule has 0 radical (unpaired) electrons. The monoisotopic (exact) mass is 193 g/mol. The average molecular weight is 194 g/mol. The van der Waals surface area contributed by atoms with Crippen LogP contribution in [0.5, 0.6) is 0 Å². The van der Waals surface area contributed by atoms with E-state index in [2.05, 4.69) is 0 Å². The summed E-state index contributed by atoms with van der Waals surface area (Å²) in [6, 6.07) is 0. The number of halogens is 1. The second kappa shape index (κ2) is 4.10. The van der Waals surface area contributed by atoms with Crippen LogP contribution >= 0.6 is 12.4 Å². The molecule has 0 spiro atoms. The molecule has 2 atom stereocenters. The van der Waals surface area contributed by atoms with E-state index >= 15 is 0 Å². The standard InChI is InChI=1S/C8H15NO2.ClH/c1-3-6-5-8(6,9)7(10)11-4-2;/h6H,3-5,9H2,1-2H3;1H. The third kappa shape index (κ3) is 1.90. The van der Waals surface area contributed by atoms with Gasteiger partial charge in [-0.2, -0.15) is 0 Å². The lowest BCUT2D eigenvalue weighted by Crippen LogP contribution is -2.37. The van der Waals surface area contributed by atoms with Gasteiger partial charge < -0.3 is 10.5 Å². The molecule has 0 aromatic heterocycles. The summed E-state index contributed by atoms with van der Waals surface area (Å²) < 4.78 is 4.84. The van der Waals surface area contributed by atoms with Gasteiger partial charge in [0.05, 0.1) is 6.61 Å². The quantitative estimate of drug-likeness (QED) is 0.683. The number of rotatable bonds is 3. The topological polar surface area (TPSA) is 52.3 Å². The molecule has 2 N–H and O–H groups in total. The SMILES string of the molecule is CCOC(=O)C1(N)CC1CC.Cl. The van der Waals surface area contributed by atoms with Crippen LogP contribution in [0.15, 0.2) is 0 Å². The highest BCUT2D eigenvalue weighted by molar-refractivity contribution is 5.85. The van der Waals surface area contributed by atoms with Gasteiger partial charge in [0.2, 0.25) is 0 Å². The number of esters is 1. The minimum atomic E-state index is -0.634. The minimum Gasteiger partial charge on any atom is -0.465 e. The van der Waals surface area contributed by atoms with E-state index in [1.807, 2.05) is 6.92 Å². The van der Waals surface area contributed by atoms with Crippen molar-refractivity contribution in [3.8, 4) is 0 Å². The van der Waals surface area contributed by atoms with Crippen molar-refractivity contribution in [3.05, 3.63) is 0 Å². The highest BCUT2D eigenvalue weighted by Crippen LogP contribution is 2.44. The van der Waals surface area contributed by atoms with Crippen LogP contribution in [0.4, 0.5) is 0 Å². The largest absolute Gasteiger partial charge is 0.465 e. The summed E-state index contributed by atoms with van der Waals surface area (Å²) in [5.74, 6) is 0.119. The van der Waals surface area contributed by atoms with Crippen LogP contribution in [0.1, 0.15) is 26.7 Å². The van der Waals surface area contributed by atoms with E-state index in [0.29, 0.717) is 12.5 Å². The van der Waals surface area contributed by atoms with Crippen molar-refractivity contribution < 1.29 is 9.53 Å². The minimum absolute atomic E-state index is 0. The first kappa shape index (κ1) is 11.7. The number of hydrogen-bond donors (Lipinski definition) is 1. The summed E-state index contributed by atoms with van der Waals surface area (Å²) in [7, 11) is 0. The highest BCUT2D eigenvalue weighted by Gasteiger charge is 2.57. The van der Waals surface area contributed by atoms with Crippen LogP contribution in [-0.4, -0.2) is 18.1 Å². The molecule has 2 unspecified atom stereocenters. The fourth-order valence-electron chi connectivity index (χ4n) is 1.37. The molecule has 0 aliphatic heterocycles. The summed E-state index contributed by atoms with van der Waals surface area (Å²) >= 11 is 0. The van der Waals surface area contributed by atoms with Crippen molar-refractivity contribution >= 4 is 18.4 Å². The van der Waals surface area contributed by atoms with Crippen molar-refractivity contribution in [2.24, 2.45) is 11.7 Å². The molecule has 0 saturated heterocycles. The predicted molar refractivity (Wildman–Crippen MR) is 49.2 cm³/mol. The molecule has 0 aromatic carbocycles. The summed E-state index contributed by atoms with van der Waals surface area (Å²) in [5, 5.41) is 0. The molecule has 12 heavy (non-hydrogen) atoms. The van der Waals surface area contributed by atoms with Crippen molar-refractivity contribution in [1.82, 2.24) is 0 Å². The van der Waals surface area contributed by atoms with Gasteiger partial charge in [-0.3, -0.25) is 4.79 Å². The van der Waals surface area contributed by atoms with Gasteiger partial charge >= 0.3 is 5.97 Å². The van der Waals surface area contributed by atoms with E-state index in [-0.39, 0.29) is 18.4 Å². The fraction of sp³-hybridized carbons (Fsp3) is 0.875. The molecule has 0 aromatic rings. The zero-order valence-electron chi connectivity index (χ0n) is 7.50. The van der Waals surface area contributed by atoms with E-state index in [4.69, 9.17) is 10.5 Å². The smallest absolute Gasteiger partial charge is 0.326 e. The van der Waals surface area contributed by atoms with Crippen molar-refractivity contribution in [2.75, 3.05) is 6.61 Å². The molecule has 0 heterocycles. The molecule has 1 fully saturated rings. The van der Waals surface area contributed by atoms with E-state index in [1.165, 1.54) is 0 Å². The Labute approximate surface area is 79.1 Å². The zero-order valence-corrected chi connectivity index (χ0v) is 8.32. The first-order valence-electron chi connectivity index (χ1n) is 4.11. The highest BCUT2D eigenvalue weighted by atomic mass is 35.5. The molecule has 0 amide bonds. The van der Waals surface area contributed by atoms with Gasteiger partial charge in [0.15, 0.2) is 0 Å². The fourth-order valence-corrected chi connectivity index (χ4v) is 1.37. The lowest BCUT2D eigenvalue weighted by molar-refractivity contribution is -0.146. The lowest BCUT2D eigenvalue weighted by atomic mass is 10.2. The molecule has 1 aliphatic carbocycles. The third-order valence-corrected chi connectivity index (χ3v) is 2.30. The summed E-state index contributed by atoms with van der Waals surface area (Å²) in [6.45, 7) is 4.26. The Bertz CT molecular complexity index is 174.